The van der Waals surface area contributed by atoms with Gasteiger partial charge in [-0.15, -0.1) is 16.4 Å². The normalized spacial score (nSPS) is 10.9. The first-order valence-electron chi connectivity index (χ1n) is 5.41. The molecule has 3 aromatic heterocycles. The number of fused-ring (bicyclic) bond motifs is 1. The van der Waals surface area contributed by atoms with Gasteiger partial charge >= 0.3 is 0 Å². The molecule has 17 heavy (non-hydrogen) atoms. The monoisotopic (exact) mass is 244 g/mol. The highest BCUT2D eigenvalue weighted by Gasteiger charge is 2.04. The summed E-state index contributed by atoms with van der Waals surface area (Å²) in [7, 11) is 0. The van der Waals surface area contributed by atoms with Crippen molar-refractivity contribution in [1.29, 1.82) is 0 Å². The standard InChI is InChI=1S/C12H12N4S/c1-9-5-7-17-10(9)8-13-12-14-11-4-2-3-6-16(11)15-12/h2-7H,8H2,1H3,(H,13,15). The molecule has 4 nitrogen and oxygen atoms in total. The van der Waals surface area contributed by atoms with Crippen molar-refractivity contribution >= 4 is 22.9 Å². The van der Waals surface area contributed by atoms with Crippen LogP contribution in [-0.4, -0.2) is 14.6 Å². The second-order valence-corrected chi connectivity index (χ2v) is 4.82. The van der Waals surface area contributed by atoms with E-state index in [4.69, 9.17) is 0 Å². The minimum Gasteiger partial charge on any atom is -0.348 e. The third-order valence-corrected chi connectivity index (χ3v) is 3.64. The van der Waals surface area contributed by atoms with Gasteiger partial charge in [-0.3, -0.25) is 0 Å². The Bertz CT molecular complexity index is 608. The summed E-state index contributed by atoms with van der Waals surface area (Å²) in [5.74, 6) is 0.670. The highest BCUT2D eigenvalue weighted by molar-refractivity contribution is 7.10. The summed E-state index contributed by atoms with van der Waals surface area (Å²) in [5.41, 5.74) is 2.17. The van der Waals surface area contributed by atoms with Crippen molar-refractivity contribution in [2.24, 2.45) is 0 Å². The predicted octanol–water partition coefficient (Wildman–Crippen LogP) is 2.71. The van der Waals surface area contributed by atoms with Crippen LogP contribution in [0.3, 0.4) is 0 Å². The third-order valence-electron chi connectivity index (χ3n) is 2.62. The largest absolute Gasteiger partial charge is 0.348 e. The molecule has 0 radical (unpaired) electrons. The average Bonchev–Trinajstić information content (AvgIpc) is 2.92. The maximum absolute atomic E-state index is 4.39. The molecule has 0 fully saturated rings. The van der Waals surface area contributed by atoms with Crippen LogP contribution in [-0.2, 0) is 6.54 Å². The lowest BCUT2D eigenvalue weighted by atomic mass is 10.3. The first-order valence-corrected chi connectivity index (χ1v) is 6.29. The lowest BCUT2D eigenvalue weighted by Crippen LogP contribution is -2.00. The zero-order chi connectivity index (χ0) is 11.7. The van der Waals surface area contributed by atoms with E-state index in [1.54, 1.807) is 15.9 Å². The van der Waals surface area contributed by atoms with Crippen molar-refractivity contribution < 1.29 is 0 Å². The van der Waals surface area contributed by atoms with Crippen LogP contribution in [0.5, 0.6) is 0 Å². The SMILES string of the molecule is Cc1ccsc1CNc1nc2ccccn2n1. The van der Waals surface area contributed by atoms with Crippen molar-refractivity contribution in [3.63, 3.8) is 0 Å². The number of thiophene rings is 1. The molecule has 3 rings (SSSR count). The quantitative estimate of drug-likeness (QED) is 0.770. The summed E-state index contributed by atoms with van der Waals surface area (Å²) < 4.78 is 1.77. The molecule has 0 atom stereocenters. The fourth-order valence-electron chi connectivity index (χ4n) is 1.65. The van der Waals surface area contributed by atoms with Gasteiger partial charge in [-0.05, 0) is 36.1 Å². The Labute approximate surface area is 103 Å². The van der Waals surface area contributed by atoms with Crippen molar-refractivity contribution in [2.75, 3.05) is 5.32 Å². The van der Waals surface area contributed by atoms with Gasteiger partial charge in [0, 0.05) is 11.1 Å². The Morgan fingerprint density at radius 1 is 1.35 bits per heavy atom. The first-order chi connectivity index (χ1) is 8.33. The zero-order valence-corrected chi connectivity index (χ0v) is 10.2. The lowest BCUT2D eigenvalue weighted by molar-refractivity contribution is 0.951. The molecule has 3 aromatic rings. The lowest BCUT2D eigenvalue weighted by Gasteiger charge is -1.99. The highest BCUT2D eigenvalue weighted by atomic mass is 32.1. The Kier molecular flexibility index (Phi) is 2.53. The van der Waals surface area contributed by atoms with Crippen LogP contribution < -0.4 is 5.32 Å². The number of nitrogens with zero attached hydrogens (tertiary/aromatic N) is 3. The molecule has 0 aliphatic carbocycles. The van der Waals surface area contributed by atoms with Gasteiger partial charge in [-0.1, -0.05) is 6.07 Å². The average molecular weight is 244 g/mol. The molecule has 0 aliphatic heterocycles. The topological polar surface area (TPSA) is 42.2 Å². The van der Waals surface area contributed by atoms with E-state index in [9.17, 15) is 0 Å². The van der Waals surface area contributed by atoms with Crippen LogP contribution in [0.1, 0.15) is 10.4 Å². The fraction of sp³-hybridized carbons (Fsp3) is 0.167. The summed E-state index contributed by atoms with van der Waals surface area (Å²) in [6.07, 6.45) is 1.89. The van der Waals surface area contributed by atoms with Crippen molar-refractivity contribution in [2.45, 2.75) is 13.5 Å². The summed E-state index contributed by atoms with van der Waals surface area (Å²) in [6.45, 7) is 2.89. The van der Waals surface area contributed by atoms with E-state index in [0.29, 0.717) is 5.95 Å². The number of pyridine rings is 1. The summed E-state index contributed by atoms with van der Waals surface area (Å²) in [6, 6.07) is 7.96. The van der Waals surface area contributed by atoms with E-state index in [0.717, 1.165) is 12.2 Å². The van der Waals surface area contributed by atoms with Gasteiger partial charge in [0.15, 0.2) is 5.65 Å². The van der Waals surface area contributed by atoms with Gasteiger partial charge < -0.3 is 5.32 Å². The Hall–Kier alpha value is -1.88. The number of anilines is 1. The van der Waals surface area contributed by atoms with Gasteiger partial charge in [0.1, 0.15) is 0 Å². The van der Waals surface area contributed by atoms with E-state index < -0.39 is 0 Å². The first kappa shape index (κ1) is 10.3. The molecule has 5 heteroatoms. The van der Waals surface area contributed by atoms with Crippen LogP contribution in [0.4, 0.5) is 5.95 Å². The van der Waals surface area contributed by atoms with Crippen LogP contribution in [0.25, 0.3) is 5.65 Å². The molecule has 0 saturated carbocycles. The second-order valence-electron chi connectivity index (χ2n) is 3.82. The van der Waals surface area contributed by atoms with E-state index in [2.05, 4.69) is 33.8 Å². The molecule has 3 heterocycles. The molecule has 0 saturated heterocycles. The summed E-state index contributed by atoms with van der Waals surface area (Å²) in [5, 5.41) is 9.69. The van der Waals surface area contributed by atoms with E-state index in [1.165, 1.54) is 10.4 Å². The maximum Gasteiger partial charge on any atom is 0.243 e. The smallest absolute Gasteiger partial charge is 0.243 e. The number of aryl methyl sites for hydroxylation is 1. The second kappa shape index (κ2) is 4.18. The van der Waals surface area contributed by atoms with Crippen LogP contribution >= 0.6 is 11.3 Å². The maximum atomic E-state index is 4.39. The molecule has 0 spiro atoms. The van der Waals surface area contributed by atoms with Gasteiger partial charge in [0.25, 0.3) is 0 Å². The van der Waals surface area contributed by atoms with Crippen molar-refractivity contribution in [3.05, 3.63) is 46.3 Å². The van der Waals surface area contributed by atoms with E-state index in [-0.39, 0.29) is 0 Å². The Morgan fingerprint density at radius 3 is 3.06 bits per heavy atom. The zero-order valence-electron chi connectivity index (χ0n) is 9.42. The van der Waals surface area contributed by atoms with Crippen LogP contribution in [0.2, 0.25) is 0 Å². The number of hydrogen-bond donors (Lipinski definition) is 1. The molecule has 0 amide bonds. The minimum absolute atomic E-state index is 0.670. The molecule has 0 bridgehead atoms. The minimum atomic E-state index is 0.670. The highest BCUT2D eigenvalue weighted by Crippen LogP contribution is 2.16. The Morgan fingerprint density at radius 2 is 2.29 bits per heavy atom. The van der Waals surface area contributed by atoms with Gasteiger partial charge in [-0.2, -0.15) is 4.98 Å². The van der Waals surface area contributed by atoms with Gasteiger partial charge in [0.2, 0.25) is 5.95 Å². The van der Waals surface area contributed by atoms with Gasteiger partial charge in [-0.25, -0.2) is 4.52 Å². The molecule has 0 unspecified atom stereocenters. The van der Waals surface area contributed by atoms with Crippen molar-refractivity contribution in [3.8, 4) is 0 Å². The molecule has 86 valence electrons. The summed E-state index contributed by atoms with van der Waals surface area (Å²) >= 11 is 1.75. The molecule has 1 N–H and O–H groups in total. The predicted molar refractivity (Wildman–Crippen MR) is 69.4 cm³/mol. The van der Waals surface area contributed by atoms with Crippen LogP contribution in [0, 0.1) is 6.92 Å². The van der Waals surface area contributed by atoms with E-state index >= 15 is 0 Å². The van der Waals surface area contributed by atoms with Gasteiger partial charge in [0.05, 0.1) is 6.54 Å². The number of aromatic nitrogens is 3. The molecule has 0 aliphatic rings. The number of rotatable bonds is 3. The molecular formula is C12H12N4S. The van der Waals surface area contributed by atoms with E-state index in [1.807, 2.05) is 24.4 Å². The number of hydrogen-bond acceptors (Lipinski definition) is 4. The molecule has 0 aromatic carbocycles. The molecular weight excluding hydrogens is 232 g/mol. The summed E-state index contributed by atoms with van der Waals surface area (Å²) in [4.78, 5) is 5.71. The van der Waals surface area contributed by atoms with Crippen LogP contribution in [0.15, 0.2) is 35.8 Å². The van der Waals surface area contributed by atoms with Crippen molar-refractivity contribution in [1.82, 2.24) is 14.6 Å². The fourth-order valence-corrected chi connectivity index (χ4v) is 2.50. The Balaban J connectivity index is 1.79. The number of nitrogens with one attached hydrogen (secondary N) is 1. The third kappa shape index (κ3) is 2.01.